The quantitative estimate of drug-likeness (QED) is 0.708. The molecule has 1 saturated heterocycles. The molecule has 0 saturated carbocycles. The van der Waals surface area contributed by atoms with Crippen molar-refractivity contribution in [1.29, 1.82) is 0 Å². The van der Waals surface area contributed by atoms with Crippen LogP contribution in [0, 0.1) is 0 Å². The van der Waals surface area contributed by atoms with Gasteiger partial charge in [0.25, 0.3) is 0 Å². The van der Waals surface area contributed by atoms with Gasteiger partial charge in [0.15, 0.2) is 0 Å². The van der Waals surface area contributed by atoms with E-state index in [4.69, 9.17) is 4.74 Å². The van der Waals surface area contributed by atoms with Crippen molar-refractivity contribution in [3.63, 3.8) is 0 Å². The summed E-state index contributed by atoms with van der Waals surface area (Å²) in [6.07, 6.45) is 1.76. The van der Waals surface area contributed by atoms with E-state index in [0.717, 1.165) is 38.4 Å². The molecular weight excluding hydrogens is 358 g/mol. The van der Waals surface area contributed by atoms with Crippen molar-refractivity contribution in [2.75, 3.05) is 32.8 Å². The highest BCUT2D eigenvalue weighted by Crippen LogP contribution is 2.14. The summed E-state index contributed by atoms with van der Waals surface area (Å²) in [7, 11) is 0. The zero-order chi connectivity index (χ0) is 18.9. The topological polar surface area (TPSA) is 44.8 Å². The molecule has 1 aromatic carbocycles. The number of nitrogens with zero attached hydrogens (tertiary/aromatic N) is 2. The summed E-state index contributed by atoms with van der Waals surface area (Å²) in [4.78, 5) is 18.0. The zero-order valence-electron chi connectivity index (χ0n) is 15.6. The Morgan fingerprint density at radius 3 is 2.70 bits per heavy atom. The van der Waals surface area contributed by atoms with Crippen LogP contribution in [0.1, 0.15) is 16.0 Å². The number of carbonyl (C=O) groups is 1. The normalized spacial score (nSPS) is 14.7. The molecule has 1 N–H and O–H groups in total. The van der Waals surface area contributed by atoms with Gasteiger partial charge in [-0.05, 0) is 22.6 Å². The largest absolute Gasteiger partial charge is 0.379 e. The van der Waals surface area contributed by atoms with Crippen molar-refractivity contribution in [2.24, 2.45) is 0 Å². The SMILES string of the molecule is C=CCN(Cc1cccs1)C(=O)NCc1ccccc1CN1CCOCC1. The minimum absolute atomic E-state index is 0.0653. The molecule has 144 valence electrons. The van der Waals surface area contributed by atoms with Crippen LogP contribution in [0.2, 0.25) is 0 Å². The number of rotatable bonds is 8. The summed E-state index contributed by atoms with van der Waals surface area (Å²) in [5.74, 6) is 0. The lowest BCUT2D eigenvalue weighted by Gasteiger charge is -2.27. The Kier molecular flexibility index (Phi) is 7.45. The van der Waals surface area contributed by atoms with Crippen LogP contribution >= 0.6 is 11.3 Å². The fourth-order valence-electron chi connectivity index (χ4n) is 3.13. The lowest BCUT2D eigenvalue weighted by molar-refractivity contribution is 0.0341. The van der Waals surface area contributed by atoms with Gasteiger partial charge in [-0.3, -0.25) is 4.90 Å². The molecule has 2 heterocycles. The Morgan fingerprint density at radius 2 is 2.00 bits per heavy atom. The van der Waals surface area contributed by atoms with Gasteiger partial charge in [0, 0.05) is 37.6 Å². The van der Waals surface area contributed by atoms with Crippen LogP contribution in [0.25, 0.3) is 0 Å². The lowest BCUT2D eigenvalue weighted by atomic mass is 10.1. The Bertz CT molecular complexity index is 727. The maximum atomic E-state index is 12.7. The van der Waals surface area contributed by atoms with Crippen LogP contribution in [-0.4, -0.2) is 48.7 Å². The molecule has 0 atom stereocenters. The van der Waals surface area contributed by atoms with Gasteiger partial charge in [-0.15, -0.1) is 17.9 Å². The number of benzene rings is 1. The molecule has 6 heteroatoms. The monoisotopic (exact) mass is 385 g/mol. The van der Waals surface area contributed by atoms with Crippen LogP contribution in [0.4, 0.5) is 4.79 Å². The van der Waals surface area contributed by atoms with Gasteiger partial charge >= 0.3 is 6.03 Å². The second-order valence-electron chi connectivity index (χ2n) is 6.56. The number of thiophene rings is 1. The van der Waals surface area contributed by atoms with E-state index < -0.39 is 0 Å². The van der Waals surface area contributed by atoms with Crippen LogP contribution in [0.15, 0.2) is 54.4 Å². The molecule has 1 aliphatic heterocycles. The Labute approximate surface area is 165 Å². The van der Waals surface area contributed by atoms with Crippen molar-refractivity contribution < 1.29 is 9.53 Å². The van der Waals surface area contributed by atoms with Crippen molar-refractivity contribution in [3.8, 4) is 0 Å². The maximum absolute atomic E-state index is 12.7. The van der Waals surface area contributed by atoms with E-state index in [1.54, 1.807) is 22.3 Å². The van der Waals surface area contributed by atoms with E-state index in [-0.39, 0.29) is 6.03 Å². The second kappa shape index (κ2) is 10.3. The number of nitrogens with one attached hydrogen (secondary N) is 1. The van der Waals surface area contributed by atoms with E-state index in [1.165, 1.54) is 10.4 Å². The van der Waals surface area contributed by atoms with Crippen molar-refractivity contribution >= 4 is 17.4 Å². The minimum atomic E-state index is -0.0653. The summed E-state index contributed by atoms with van der Waals surface area (Å²) in [6.45, 7) is 9.81. The number of hydrogen-bond acceptors (Lipinski definition) is 4. The van der Waals surface area contributed by atoms with E-state index >= 15 is 0 Å². The standard InChI is InChI=1S/C21H27N3O2S/c1-2-9-24(17-20-8-5-14-27-20)21(25)22-15-18-6-3-4-7-19(18)16-23-10-12-26-13-11-23/h2-8,14H,1,9-13,15-17H2,(H,22,25). The molecular formula is C21H27N3O2S. The third-order valence-corrected chi connectivity index (χ3v) is 5.47. The molecule has 3 rings (SSSR count). The smallest absolute Gasteiger partial charge is 0.318 e. The lowest BCUT2D eigenvalue weighted by Crippen LogP contribution is -2.39. The van der Waals surface area contributed by atoms with E-state index in [9.17, 15) is 4.79 Å². The highest BCUT2D eigenvalue weighted by molar-refractivity contribution is 7.09. The van der Waals surface area contributed by atoms with Gasteiger partial charge in [0.05, 0.1) is 19.8 Å². The summed E-state index contributed by atoms with van der Waals surface area (Å²) >= 11 is 1.66. The highest BCUT2D eigenvalue weighted by atomic mass is 32.1. The van der Waals surface area contributed by atoms with Crippen LogP contribution in [-0.2, 0) is 24.4 Å². The molecule has 1 aliphatic rings. The van der Waals surface area contributed by atoms with Crippen molar-refractivity contribution in [2.45, 2.75) is 19.6 Å². The molecule has 5 nitrogen and oxygen atoms in total. The van der Waals surface area contributed by atoms with Crippen molar-refractivity contribution in [1.82, 2.24) is 15.1 Å². The van der Waals surface area contributed by atoms with Crippen LogP contribution in [0.5, 0.6) is 0 Å². The number of ether oxygens (including phenoxy) is 1. The van der Waals surface area contributed by atoms with Gasteiger partial charge in [0.2, 0.25) is 0 Å². The minimum Gasteiger partial charge on any atom is -0.379 e. The van der Waals surface area contributed by atoms with Crippen molar-refractivity contribution in [3.05, 3.63) is 70.4 Å². The average molecular weight is 386 g/mol. The molecule has 2 amide bonds. The van der Waals surface area contributed by atoms with Gasteiger partial charge in [-0.2, -0.15) is 0 Å². The van der Waals surface area contributed by atoms with E-state index in [1.807, 2.05) is 23.6 Å². The molecule has 27 heavy (non-hydrogen) atoms. The second-order valence-corrected chi connectivity index (χ2v) is 7.60. The van der Waals surface area contributed by atoms with Gasteiger partial charge in [0.1, 0.15) is 0 Å². The van der Waals surface area contributed by atoms with E-state index in [2.05, 4.69) is 35.0 Å². The highest BCUT2D eigenvalue weighted by Gasteiger charge is 2.15. The molecule has 1 aromatic heterocycles. The summed E-state index contributed by atoms with van der Waals surface area (Å²) in [5.41, 5.74) is 2.42. The summed E-state index contributed by atoms with van der Waals surface area (Å²) in [6, 6.07) is 12.3. The molecule has 2 aromatic rings. The average Bonchev–Trinajstić information content (AvgIpc) is 3.21. The fraction of sp³-hybridized carbons (Fsp3) is 0.381. The third kappa shape index (κ3) is 5.92. The third-order valence-electron chi connectivity index (χ3n) is 4.61. The first-order valence-electron chi connectivity index (χ1n) is 9.29. The zero-order valence-corrected chi connectivity index (χ0v) is 16.4. The first kappa shape index (κ1) is 19.6. The van der Waals surface area contributed by atoms with Crippen LogP contribution < -0.4 is 5.32 Å². The number of amides is 2. The van der Waals surface area contributed by atoms with Gasteiger partial charge in [-0.25, -0.2) is 4.79 Å². The molecule has 0 spiro atoms. The Hall–Kier alpha value is -2.15. The Balaban J connectivity index is 1.59. The van der Waals surface area contributed by atoms with Gasteiger partial charge < -0.3 is 15.0 Å². The first-order valence-corrected chi connectivity index (χ1v) is 10.2. The fourth-order valence-corrected chi connectivity index (χ4v) is 3.85. The number of urea groups is 1. The first-order chi connectivity index (χ1) is 13.3. The maximum Gasteiger partial charge on any atom is 0.318 e. The summed E-state index contributed by atoms with van der Waals surface area (Å²) < 4.78 is 5.43. The van der Waals surface area contributed by atoms with E-state index in [0.29, 0.717) is 19.6 Å². The molecule has 0 radical (unpaired) electrons. The molecule has 1 fully saturated rings. The number of carbonyl (C=O) groups excluding carboxylic acids is 1. The number of morpholine rings is 1. The van der Waals surface area contributed by atoms with Crippen LogP contribution in [0.3, 0.4) is 0 Å². The number of hydrogen-bond donors (Lipinski definition) is 1. The molecule has 0 aliphatic carbocycles. The molecule has 0 bridgehead atoms. The summed E-state index contributed by atoms with van der Waals surface area (Å²) in [5, 5.41) is 5.10. The molecule has 0 unspecified atom stereocenters. The van der Waals surface area contributed by atoms with Gasteiger partial charge in [-0.1, -0.05) is 36.4 Å². The predicted octanol–water partition coefficient (Wildman–Crippen LogP) is 3.48. The predicted molar refractivity (Wildman–Crippen MR) is 110 cm³/mol. The Morgan fingerprint density at radius 1 is 1.22 bits per heavy atom.